The molecule has 35 nitrogen and oxygen atoms in total. The van der Waals surface area contributed by atoms with E-state index in [1.54, 1.807) is 67.8 Å². The number of rotatable bonds is 51. The molecule has 0 heterocycles. The molecule has 123 heavy (non-hydrogen) atoms. The Kier molecular flexibility index (Phi) is 40.5. The van der Waals surface area contributed by atoms with Crippen molar-refractivity contribution < 1.29 is 118 Å². The number of guanidine groups is 1. The minimum Gasteiger partial charge on any atom is -0.508 e. The number of phenols is 2. The highest BCUT2D eigenvalue weighted by Crippen LogP contribution is 2.49. The first kappa shape index (κ1) is 100. The number of allylic oxidation sites excluding steroid dienone is 4. The number of benzene rings is 4. The number of Topliss-reactive ketones (excluding diaryl/α,β-unsaturated/α-hetero) is 5. The summed E-state index contributed by atoms with van der Waals surface area (Å²) in [7, 11) is 4.58. The lowest BCUT2D eigenvalue weighted by Crippen LogP contribution is -2.61. The second kappa shape index (κ2) is 49.6. The van der Waals surface area contributed by atoms with E-state index in [-0.39, 0.29) is 107 Å². The van der Waals surface area contributed by atoms with Crippen LogP contribution in [0.15, 0.2) is 120 Å². The quantitative estimate of drug-likeness (QED) is 0.0129. The number of aliphatic hydroxyl groups excluding tert-OH is 6. The number of nitrogens with two attached hydrogens (primary N) is 3. The average molecular weight is 1720 g/mol. The molecule has 4 aromatic rings. The molecule has 0 aromatic heterocycles. The van der Waals surface area contributed by atoms with E-state index >= 15 is 9.59 Å². The Balaban J connectivity index is 1.20. The van der Waals surface area contributed by atoms with E-state index in [9.17, 15) is 93.9 Å². The molecule has 1 fully saturated rings. The van der Waals surface area contributed by atoms with E-state index < -0.39 is 213 Å². The third kappa shape index (κ3) is 31.1. The summed E-state index contributed by atoms with van der Waals surface area (Å²) < 4.78 is 17.3. The Morgan fingerprint density at radius 3 is 1.61 bits per heavy atom. The van der Waals surface area contributed by atoms with Gasteiger partial charge in [-0.3, -0.25) is 57.7 Å². The number of amides is 8. The van der Waals surface area contributed by atoms with Crippen molar-refractivity contribution in [2.24, 2.45) is 57.7 Å². The standard InChI is InChI=1S/C88H121N11O24/c1-49(2)36-66(71(108)39-56(37-53-20-26-60(103)27-21-53)81(114)92-33-11-16-62-51(4)50(3)19-25-55-43-75(121-5)79(122-6)80(123-7)77(55)62)98-82(115)57(38-54-22-28-61(104)29-23-54)40-69(106)65(30-24-52-14-9-8-10-15-52)95-76(112)32-31-68(105)63(17-13-35-94-87(91)119)96-83(116)58(46-100)41-70(107)64(18-12-34-93-86(89)90)97-84(117)59(47-101)42-72(109)67(48-102)99-85(118)88(120)44-73(110)78(113)74(111)45-88/h8-11,14-16,20-23,26-29,33,43,49-50,56-59,63-67,73-74,78,100-104,110-111,113,120H,4,12-13,17-19,24-25,30-32,34-42,44-48H2,1-3,5-7H3,(H,92,114)(H,95,112)(H,96,116)(H,97,117)(H,98,115)(H,99,118)(H4,89,90,93)(H3,91,94,119)/b33-11+,62-16+/t50-,56+,57+,58-,59+,63-,64-,65-,66-,67+,73?,74?,78?,88?/m0/s1. The SMILES string of the molecule is C=C1/C(=C\C=C\NC(=O)[C@@H](CC(=O)[C@H](CC(C)C)NC(=O)[C@@H](CC(=O)[C@H](CCc2ccccc2)NC(=O)CCC(=O)[C@H](CCCNC(N)=O)NC(=O)[C@H](CO)CC(=O)[C@H](CCCN=C(N)N)NC(=O)[C@@H](CO)CC(=O)[C@@H](CO)NC(=O)C2(O)CC(O)C(O)C(O)C2)Cc2ccc(O)cc2)Cc2ccc(O)cc2)c2c(cc(OC)c(OC)c2OC)CC[C@@H]1C. The number of aliphatic imine (C=N–C) groups is 1. The third-order valence-corrected chi connectivity index (χ3v) is 21.9. The van der Waals surface area contributed by atoms with E-state index in [4.69, 9.17) is 31.4 Å². The van der Waals surface area contributed by atoms with Gasteiger partial charge in [0.2, 0.25) is 35.3 Å². The number of aryl methyl sites for hydroxylation is 2. The van der Waals surface area contributed by atoms with E-state index in [0.717, 1.165) is 34.3 Å². The zero-order chi connectivity index (χ0) is 90.8. The van der Waals surface area contributed by atoms with Gasteiger partial charge in [-0.05, 0) is 152 Å². The smallest absolute Gasteiger partial charge is 0.312 e. The van der Waals surface area contributed by atoms with Crippen LogP contribution >= 0.6 is 0 Å². The molecule has 2 aliphatic rings. The Morgan fingerprint density at radius 1 is 0.585 bits per heavy atom. The number of primary amides is 1. The number of carbonyl (C=O) groups is 12. The van der Waals surface area contributed by atoms with Gasteiger partial charge in [0.25, 0.3) is 5.91 Å². The van der Waals surface area contributed by atoms with Crippen LogP contribution in [-0.4, -0.2) is 231 Å². The van der Waals surface area contributed by atoms with Crippen LogP contribution in [0.5, 0.6) is 28.7 Å². The van der Waals surface area contributed by atoms with E-state index in [0.29, 0.717) is 34.8 Å². The first-order valence-electron chi connectivity index (χ1n) is 41.1. The molecule has 4 aromatic carbocycles. The van der Waals surface area contributed by atoms with Crippen molar-refractivity contribution in [2.75, 3.05) is 54.2 Å². The highest BCUT2D eigenvalue weighted by molar-refractivity contribution is 5.99. The number of methoxy groups -OCH3 is 3. The normalized spacial score (nSPS) is 18.8. The fourth-order valence-electron chi connectivity index (χ4n) is 14.8. The third-order valence-electron chi connectivity index (χ3n) is 21.9. The van der Waals surface area contributed by atoms with Gasteiger partial charge in [0.05, 0.1) is 89.4 Å². The molecule has 22 N–H and O–H groups in total. The van der Waals surface area contributed by atoms with Gasteiger partial charge in [-0.25, -0.2) is 4.79 Å². The number of nitrogens with one attached hydrogen (secondary N) is 7. The fraction of sp³-hybridized carbons (Fsp3) is 0.511. The minimum atomic E-state index is -2.51. The minimum absolute atomic E-state index is 0.000152. The molecule has 35 heteroatoms. The summed E-state index contributed by atoms with van der Waals surface area (Å²) in [6, 6.07) is 14.7. The van der Waals surface area contributed by atoms with E-state index in [1.165, 1.54) is 44.7 Å². The summed E-state index contributed by atoms with van der Waals surface area (Å²) in [5, 5.41) is 111. The van der Waals surface area contributed by atoms with Crippen LogP contribution in [0, 0.1) is 35.5 Å². The monoisotopic (exact) mass is 1720 g/mol. The number of hydrogen-bond donors (Lipinski definition) is 19. The lowest BCUT2D eigenvalue weighted by atomic mass is 9.79. The molecule has 672 valence electrons. The molecule has 2 unspecified atom stereocenters. The Morgan fingerprint density at radius 2 is 1.09 bits per heavy atom. The molecule has 12 atom stereocenters. The van der Waals surface area contributed by atoms with Crippen molar-refractivity contribution in [3.8, 4) is 28.7 Å². The Hall–Kier alpha value is -11.5. The van der Waals surface area contributed by atoms with Crippen LogP contribution in [-0.2, 0) is 78.4 Å². The van der Waals surface area contributed by atoms with Gasteiger partial charge >= 0.3 is 6.03 Å². The maximum Gasteiger partial charge on any atom is 0.312 e. The maximum absolute atomic E-state index is 15.1. The number of nitrogens with zero attached hydrogens (tertiary/aromatic N) is 1. The first-order chi connectivity index (χ1) is 58.5. The number of ether oxygens (including phenoxy) is 3. The summed E-state index contributed by atoms with van der Waals surface area (Å²) in [5.41, 5.74) is 18.9. The highest BCUT2D eigenvalue weighted by atomic mass is 16.5. The number of urea groups is 1. The fourth-order valence-corrected chi connectivity index (χ4v) is 14.8. The Bertz CT molecular complexity index is 4370. The lowest BCUT2D eigenvalue weighted by Gasteiger charge is -2.39. The molecule has 2 aliphatic carbocycles. The summed E-state index contributed by atoms with van der Waals surface area (Å²) in [6.45, 7) is 6.83. The summed E-state index contributed by atoms with van der Waals surface area (Å²) >= 11 is 0. The predicted octanol–water partition coefficient (Wildman–Crippen LogP) is 1.60. The topological polar surface area (TPSA) is 589 Å². The summed E-state index contributed by atoms with van der Waals surface area (Å²) in [6.07, 6.45) is -4.41. The van der Waals surface area contributed by atoms with Crippen molar-refractivity contribution in [1.29, 1.82) is 0 Å². The zero-order valence-corrected chi connectivity index (χ0v) is 70.4. The number of aliphatic hydroxyl groups is 7. The zero-order valence-electron chi connectivity index (χ0n) is 70.4. The first-order valence-corrected chi connectivity index (χ1v) is 41.1. The predicted molar refractivity (Wildman–Crippen MR) is 452 cm³/mol. The molecule has 8 amide bonds. The number of ketones is 5. The van der Waals surface area contributed by atoms with Gasteiger partial charge < -0.3 is 115 Å². The summed E-state index contributed by atoms with van der Waals surface area (Å²) in [5.74, 6) is -14.3. The molecule has 0 aliphatic heterocycles. The van der Waals surface area contributed by atoms with Crippen molar-refractivity contribution in [2.45, 2.75) is 197 Å². The second-order valence-corrected chi connectivity index (χ2v) is 31.7. The van der Waals surface area contributed by atoms with Crippen LogP contribution in [0.1, 0.15) is 145 Å². The van der Waals surface area contributed by atoms with Crippen LogP contribution in [0.25, 0.3) is 5.57 Å². The molecule has 0 bridgehead atoms. The van der Waals surface area contributed by atoms with Crippen molar-refractivity contribution in [3.05, 3.63) is 143 Å². The Labute approximate surface area is 714 Å². The number of carbonyl (C=O) groups excluding carboxylic acids is 12. The highest BCUT2D eigenvalue weighted by Gasteiger charge is 2.49. The molecular formula is C88H121N11O24. The second-order valence-electron chi connectivity index (χ2n) is 31.7. The molecule has 0 spiro atoms. The van der Waals surface area contributed by atoms with Gasteiger partial charge in [0, 0.05) is 88.1 Å². The molecule has 0 saturated heterocycles. The number of hydrogen-bond acceptors (Lipinski definition) is 25. The number of aromatic hydroxyl groups is 2. The van der Waals surface area contributed by atoms with Crippen LogP contribution in [0.2, 0.25) is 0 Å². The van der Waals surface area contributed by atoms with Gasteiger partial charge in [0.15, 0.2) is 46.4 Å². The molecule has 6 rings (SSSR count). The largest absolute Gasteiger partial charge is 0.508 e. The van der Waals surface area contributed by atoms with Gasteiger partial charge in [-0.2, -0.15) is 0 Å². The average Bonchev–Trinajstić information content (AvgIpc) is 1.21. The molecule has 1 saturated carbocycles. The summed E-state index contributed by atoms with van der Waals surface area (Å²) in [4.78, 5) is 173. The maximum atomic E-state index is 15.1. The van der Waals surface area contributed by atoms with Crippen molar-refractivity contribution in [3.63, 3.8) is 0 Å². The van der Waals surface area contributed by atoms with E-state index in [2.05, 4.69) is 55.7 Å². The van der Waals surface area contributed by atoms with Gasteiger partial charge in [-0.1, -0.05) is 88.0 Å². The van der Waals surface area contributed by atoms with E-state index in [1.807, 2.05) is 26.0 Å². The lowest BCUT2D eigenvalue weighted by molar-refractivity contribution is -0.174. The van der Waals surface area contributed by atoms with Gasteiger partial charge in [-0.15, -0.1) is 0 Å². The van der Waals surface area contributed by atoms with Crippen molar-refractivity contribution in [1.82, 2.24) is 37.2 Å². The number of fused-ring (bicyclic) bond motifs is 1. The van der Waals surface area contributed by atoms with Gasteiger partial charge in [0.1, 0.15) is 29.2 Å². The van der Waals surface area contributed by atoms with Crippen LogP contribution in [0.3, 0.4) is 0 Å². The molecule has 0 radical (unpaired) electrons. The molecular weight excluding hydrogens is 1600 g/mol. The van der Waals surface area contributed by atoms with Crippen LogP contribution < -0.4 is 68.6 Å². The van der Waals surface area contributed by atoms with Crippen molar-refractivity contribution >= 4 is 81.9 Å². The number of phenolic OH excluding ortho intramolecular Hbond substituents is 2. The van der Waals surface area contributed by atoms with Crippen LogP contribution in [0.4, 0.5) is 4.79 Å².